The molecule has 0 bridgehead atoms. The van der Waals surface area contributed by atoms with E-state index < -0.39 is 5.60 Å². The zero-order valence-electron chi connectivity index (χ0n) is 13.9. The number of likely N-dealkylation sites (tertiary alicyclic amines) is 1. The molecule has 1 aromatic rings. The maximum atomic E-state index is 12.6. The third-order valence-corrected chi connectivity index (χ3v) is 4.76. The molecule has 2 aliphatic rings. The van der Waals surface area contributed by atoms with Crippen LogP contribution in [0, 0.1) is 0 Å². The van der Waals surface area contributed by atoms with Crippen molar-refractivity contribution < 1.29 is 19.0 Å². The summed E-state index contributed by atoms with van der Waals surface area (Å²) in [5.74, 6) is 1.65. The van der Waals surface area contributed by atoms with E-state index in [0.717, 1.165) is 50.3 Å². The van der Waals surface area contributed by atoms with Gasteiger partial charge in [-0.1, -0.05) is 12.1 Å². The van der Waals surface area contributed by atoms with Crippen LogP contribution < -0.4 is 9.47 Å². The van der Waals surface area contributed by atoms with Gasteiger partial charge in [-0.2, -0.15) is 0 Å². The Hall–Kier alpha value is -1.75. The number of carbonyl (C=O) groups is 1. The number of benzene rings is 1. The highest BCUT2D eigenvalue weighted by molar-refractivity contribution is 5.85. The molecule has 0 spiro atoms. The molecule has 0 unspecified atom stereocenters. The summed E-state index contributed by atoms with van der Waals surface area (Å²) in [6.07, 6.45) is 3.58. The molecule has 5 heteroatoms. The largest absolute Gasteiger partial charge is 0.493 e. The van der Waals surface area contributed by atoms with Crippen molar-refractivity contribution in [2.45, 2.75) is 44.3 Å². The number of piperidine rings is 1. The number of rotatable bonds is 4. The van der Waals surface area contributed by atoms with Crippen molar-refractivity contribution >= 4 is 5.91 Å². The summed E-state index contributed by atoms with van der Waals surface area (Å²) in [6.45, 7) is 4.05. The minimum absolute atomic E-state index is 0.118. The van der Waals surface area contributed by atoms with Crippen LogP contribution in [0.25, 0.3) is 0 Å². The summed E-state index contributed by atoms with van der Waals surface area (Å²) in [7, 11) is 1.64. The van der Waals surface area contributed by atoms with E-state index in [-0.39, 0.29) is 12.0 Å². The van der Waals surface area contributed by atoms with Gasteiger partial charge >= 0.3 is 0 Å². The van der Waals surface area contributed by atoms with E-state index >= 15 is 0 Å². The Balaban J connectivity index is 1.55. The van der Waals surface area contributed by atoms with Crippen LogP contribution >= 0.6 is 0 Å². The van der Waals surface area contributed by atoms with E-state index in [4.69, 9.17) is 14.2 Å². The Bertz CT molecular complexity index is 546. The number of methoxy groups -OCH3 is 1. The summed E-state index contributed by atoms with van der Waals surface area (Å²) >= 11 is 0. The molecule has 3 rings (SSSR count). The van der Waals surface area contributed by atoms with Gasteiger partial charge in [0, 0.05) is 32.5 Å². The van der Waals surface area contributed by atoms with E-state index in [1.54, 1.807) is 7.11 Å². The lowest BCUT2D eigenvalue weighted by molar-refractivity contribution is -0.152. The predicted octanol–water partition coefficient (Wildman–Crippen LogP) is 2.63. The Morgan fingerprint density at radius 3 is 2.57 bits per heavy atom. The van der Waals surface area contributed by atoms with Gasteiger partial charge in [0.25, 0.3) is 5.91 Å². The average Bonchev–Trinajstić information content (AvgIpc) is 3.03. The van der Waals surface area contributed by atoms with Gasteiger partial charge in [0.1, 0.15) is 11.7 Å². The molecule has 0 N–H and O–H groups in total. The zero-order chi connectivity index (χ0) is 16.3. The lowest BCUT2D eigenvalue weighted by atomic mass is 9.98. The van der Waals surface area contributed by atoms with Crippen LogP contribution in [-0.4, -0.2) is 49.3 Å². The van der Waals surface area contributed by atoms with Gasteiger partial charge in [-0.05, 0) is 31.9 Å². The molecule has 0 saturated carbocycles. The van der Waals surface area contributed by atoms with E-state index in [2.05, 4.69) is 0 Å². The Kier molecular flexibility index (Phi) is 4.76. The number of para-hydroxylation sites is 2. The van der Waals surface area contributed by atoms with Gasteiger partial charge in [-0.25, -0.2) is 0 Å². The molecule has 2 aliphatic heterocycles. The average molecular weight is 319 g/mol. The maximum absolute atomic E-state index is 12.6. The first-order valence-corrected chi connectivity index (χ1v) is 8.35. The van der Waals surface area contributed by atoms with Crippen molar-refractivity contribution in [3.05, 3.63) is 24.3 Å². The van der Waals surface area contributed by atoms with Crippen LogP contribution in [-0.2, 0) is 9.53 Å². The Morgan fingerprint density at radius 1 is 1.26 bits per heavy atom. The fourth-order valence-corrected chi connectivity index (χ4v) is 3.35. The molecule has 5 nitrogen and oxygen atoms in total. The fourth-order valence-electron chi connectivity index (χ4n) is 3.35. The molecule has 1 aromatic carbocycles. The third kappa shape index (κ3) is 3.44. The van der Waals surface area contributed by atoms with Crippen molar-refractivity contribution in [3.63, 3.8) is 0 Å². The molecule has 126 valence electrons. The van der Waals surface area contributed by atoms with Crippen molar-refractivity contribution in [1.29, 1.82) is 0 Å². The smallest absolute Gasteiger partial charge is 0.254 e. The van der Waals surface area contributed by atoms with Gasteiger partial charge in [0.05, 0.1) is 7.11 Å². The van der Waals surface area contributed by atoms with E-state index in [1.165, 1.54) is 0 Å². The second-order valence-corrected chi connectivity index (χ2v) is 6.44. The monoisotopic (exact) mass is 319 g/mol. The Labute approximate surface area is 137 Å². The van der Waals surface area contributed by atoms with Gasteiger partial charge in [-0.3, -0.25) is 4.79 Å². The minimum atomic E-state index is -0.615. The van der Waals surface area contributed by atoms with Crippen molar-refractivity contribution in [3.8, 4) is 11.5 Å². The van der Waals surface area contributed by atoms with Crippen molar-refractivity contribution in [2.75, 3.05) is 26.8 Å². The summed E-state index contributed by atoms with van der Waals surface area (Å²) in [5, 5.41) is 0. The Morgan fingerprint density at radius 2 is 1.96 bits per heavy atom. The maximum Gasteiger partial charge on any atom is 0.254 e. The zero-order valence-corrected chi connectivity index (χ0v) is 13.9. The van der Waals surface area contributed by atoms with Gasteiger partial charge in [0.15, 0.2) is 11.5 Å². The lowest BCUT2D eigenvalue weighted by Crippen LogP contribution is -2.50. The van der Waals surface area contributed by atoms with Crippen LogP contribution in [0.2, 0.25) is 0 Å². The van der Waals surface area contributed by atoms with Crippen molar-refractivity contribution in [1.82, 2.24) is 4.90 Å². The molecule has 2 saturated heterocycles. The standard InChI is InChI=1S/C18H25NO4/c1-18(10-5-13-22-18)17(20)19-11-8-14(9-12-19)23-16-7-4-3-6-15(16)21-2/h3-4,6-7,14H,5,8-13H2,1-2H3/t18-/m1/s1. The lowest BCUT2D eigenvalue weighted by Gasteiger charge is -2.36. The molecular formula is C18H25NO4. The fraction of sp³-hybridized carbons (Fsp3) is 0.611. The SMILES string of the molecule is COc1ccccc1OC1CCN(C(=O)[C@@]2(C)CCCO2)CC1. The number of nitrogens with zero attached hydrogens (tertiary/aromatic N) is 1. The molecule has 0 radical (unpaired) electrons. The molecule has 2 fully saturated rings. The highest BCUT2D eigenvalue weighted by atomic mass is 16.5. The van der Waals surface area contributed by atoms with Gasteiger partial charge in [0.2, 0.25) is 0 Å². The quantitative estimate of drug-likeness (QED) is 0.856. The van der Waals surface area contributed by atoms with Gasteiger partial charge in [-0.15, -0.1) is 0 Å². The number of ether oxygens (including phenoxy) is 3. The van der Waals surface area contributed by atoms with Crippen LogP contribution in [0.3, 0.4) is 0 Å². The summed E-state index contributed by atoms with van der Waals surface area (Å²) < 4.78 is 17.1. The first kappa shape index (κ1) is 16.1. The number of hydrogen-bond acceptors (Lipinski definition) is 4. The molecule has 1 atom stereocenters. The number of amides is 1. The molecule has 0 aliphatic carbocycles. The van der Waals surface area contributed by atoms with Crippen LogP contribution in [0.4, 0.5) is 0 Å². The first-order chi connectivity index (χ1) is 11.1. The third-order valence-electron chi connectivity index (χ3n) is 4.76. The highest BCUT2D eigenvalue weighted by Crippen LogP contribution is 2.31. The number of hydrogen-bond donors (Lipinski definition) is 0. The topological polar surface area (TPSA) is 48.0 Å². The predicted molar refractivity (Wildman–Crippen MR) is 86.8 cm³/mol. The number of carbonyl (C=O) groups excluding carboxylic acids is 1. The van der Waals surface area contributed by atoms with Crippen LogP contribution in [0.15, 0.2) is 24.3 Å². The molecule has 1 amide bonds. The molecule has 23 heavy (non-hydrogen) atoms. The van der Waals surface area contributed by atoms with E-state index in [1.807, 2.05) is 36.1 Å². The van der Waals surface area contributed by atoms with Crippen LogP contribution in [0.1, 0.15) is 32.6 Å². The molecule has 0 aromatic heterocycles. The minimum Gasteiger partial charge on any atom is -0.493 e. The first-order valence-electron chi connectivity index (χ1n) is 8.35. The van der Waals surface area contributed by atoms with Gasteiger partial charge < -0.3 is 19.1 Å². The second kappa shape index (κ2) is 6.79. The summed E-state index contributed by atoms with van der Waals surface area (Å²) in [5.41, 5.74) is -0.615. The molecular weight excluding hydrogens is 294 g/mol. The van der Waals surface area contributed by atoms with E-state index in [9.17, 15) is 4.79 Å². The summed E-state index contributed by atoms with van der Waals surface area (Å²) in [6, 6.07) is 7.68. The highest BCUT2D eigenvalue weighted by Gasteiger charge is 2.41. The normalized spacial score (nSPS) is 25.4. The summed E-state index contributed by atoms with van der Waals surface area (Å²) in [4.78, 5) is 14.6. The van der Waals surface area contributed by atoms with Crippen LogP contribution in [0.5, 0.6) is 11.5 Å². The second-order valence-electron chi connectivity index (χ2n) is 6.44. The van der Waals surface area contributed by atoms with E-state index in [0.29, 0.717) is 6.61 Å². The van der Waals surface area contributed by atoms with Crippen molar-refractivity contribution in [2.24, 2.45) is 0 Å². The molecule has 2 heterocycles.